The smallest absolute Gasteiger partial charge is 0.249 e. The molecule has 1 aromatic rings. The number of aryl methyl sites for hydroxylation is 1. The number of rotatable bonds is 2. The summed E-state index contributed by atoms with van der Waals surface area (Å²) in [5, 5.41) is 5.21. The molecule has 84 valence electrons. The van der Waals surface area contributed by atoms with Crippen LogP contribution in [0.5, 0.6) is 0 Å². The third-order valence-electron chi connectivity index (χ3n) is 2.34. The van der Waals surface area contributed by atoms with Crippen LogP contribution in [0.1, 0.15) is 18.5 Å². The molecular formula is C10H12N4O2. The highest BCUT2D eigenvalue weighted by Gasteiger charge is 2.26. The summed E-state index contributed by atoms with van der Waals surface area (Å²) in [5.41, 5.74) is 0.814. The zero-order chi connectivity index (χ0) is 11.5. The molecule has 16 heavy (non-hydrogen) atoms. The molecule has 0 aromatic carbocycles. The molecule has 1 aliphatic rings. The van der Waals surface area contributed by atoms with Gasteiger partial charge in [-0.05, 0) is 13.3 Å². The van der Waals surface area contributed by atoms with Gasteiger partial charge >= 0.3 is 0 Å². The maximum absolute atomic E-state index is 11.4. The Labute approximate surface area is 92.5 Å². The van der Waals surface area contributed by atoms with E-state index < -0.39 is 6.04 Å². The van der Waals surface area contributed by atoms with Crippen LogP contribution >= 0.6 is 0 Å². The average molecular weight is 220 g/mol. The molecule has 0 saturated carbocycles. The van der Waals surface area contributed by atoms with Crippen LogP contribution in [0.3, 0.4) is 0 Å². The Bertz CT molecular complexity index is 415. The van der Waals surface area contributed by atoms with Crippen molar-refractivity contribution in [2.75, 3.05) is 5.32 Å². The van der Waals surface area contributed by atoms with Gasteiger partial charge in [0.2, 0.25) is 11.8 Å². The summed E-state index contributed by atoms with van der Waals surface area (Å²) >= 11 is 0. The fourth-order valence-electron chi connectivity index (χ4n) is 1.48. The summed E-state index contributed by atoms with van der Waals surface area (Å²) < 4.78 is 0. The number of piperidine rings is 1. The van der Waals surface area contributed by atoms with Gasteiger partial charge in [0.1, 0.15) is 11.9 Å². The van der Waals surface area contributed by atoms with E-state index in [1.54, 1.807) is 12.4 Å². The number of nitrogens with one attached hydrogen (secondary N) is 2. The van der Waals surface area contributed by atoms with Gasteiger partial charge in [-0.2, -0.15) is 0 Å². The van der Waals surface area contributed by atoms with Crippen LogP contribution in [-0.2, 0) is 9.59 Å². The van der Waals surface area contributed by atoms with Crippen LogP contribution in [0.2, 0.25) is 0 Å². The second-order valence-corrected chi connectivity index (χ2v) is 3.69. The van der Waals surface area contributed by atoms with Gasteiger partial charge in [-0.3, -0.25) is 19.9 Å². The monoisotopic (exact) mass is 220 g/mol. The van der Waals surface area contributed by atoms with Crippen LogP contribution in [0.4, 0.5) is 5.82 Å². The summed E-state index contributed by atoms with van der Waals surface area (Å²) in [5.74, 6) is 0.0109. The van der Waals surface area contributed by atoms with Gasteiger partial charge in [-0.25, -0.2) is 4.98 Å². The fraction of sp³-hybridized carbons (Fsp3) is 0.400. The predicted octanol–water partition coefficient (Wildman–Crippen LogP) is 0.00212. The van der Waals surface area contributed by atoms with E-state index in [0.717, 1.165) is 5.69 Å². The average Bonchev–Trinajstić information content (AvgIpc) is 2.25. The molecule has 6 heteroatoms. The molecule has 6 nitrogen and oxygen atoms in total. The lowest BCUT2D eigenvalue weighted by Gasteiger charge is -2.21. The zero-order valence-electron chi connectivity index (χ0n) is 8.86. The van der Waals surface area contributed by atoms with E-state index in [9.17, 15) is 9.59 Å². The van der Waals surface area contributed by atoms with Gasteiger partial charge in [0.25, 0.3) is 0 Å². The molecule has 0 bridgehead atoms. The normalized spacial score (nSPS) is 20.4. The van der Waals surface area contributed by atoms with Crippen molar-refractivity contribution < 1.29 is 9.59 Å². The number of carbonyl (C=O) groups excluding carboxylic acids is 2. The van der Waals surface area contributed by atoms with Gasteiger partial charge in [0.15, 0.2) is 0 Å². The minimum absolute atomic E-state index is 0.224. The number of hydrogen-bond acceptors (Lipinski definition) is 5. The Morgan fingerprint density at radius 3 is 2.81 bits per heavy atom. The first kappa shape index (κ1) is 10.5. The highest BCUT2D eigenvalue weighted by molar-refractivity contribution is 6.01. The van der Waals surface area contributed by atoms with E-state index in [2.05, 4.69) is 20.6 Å². The Morgan fingerprint density at radius 1 is 1.38 bits per heavy atom. The molecule has 0 spiro atoms. The molecule has 2 rings (SSSR count). The first-order chi connectivity index (χ1) is 7.65. The molecule has 2 amide bonds. The Morgan fingerprint density at radius 2 is 2.19 bits per heavy atom. The molecule has 1 fully saturated rings. The van der Waals surface area contributed by atoms with Crippen LogP contribution < -0.4 is 10.6 Å². The van der Waals surface area contributed by atoms with E-state index in [0.29, 0.717) is 18.7 Å². The summed E-state index contributed by atoms with van der Waals surface area (Å²) in [6.07, 6.45) is 4.02. The van der Waals surface area contributed by atoms with E-state index in [-0.39, 0.29) is 11.8 Å². The molecule has 2 heterocycles. The van der Waals surface area contributed by atoms with Crippen LogP contribution in [0, 0.1) is 6.92 Å². The zero-order valence-corrected chi connectivity index (χ0v) is 8.86. The van der Waals surface area contributed by atoms with Gasteiger partial charge in [0.05, 0.1) is 18.1 Å². The third-order valence-corrected chi connectivity index (χ3v) is 2.34. The van der Waals surface area contributed by atoms with Crippen LogP contribution in [-0.4, -0.2) is 27.8 Å². The molecule has 1 unspecified atom stereocenters. The van der Waals surface area contributed by atoms with Crippen molar-refractivity contribution >= 4 is 17.6 Å². The van der Waals surface area contributed by atoms with Crippen molar-refractivity contribution in [1.29, 1.82) is 0 Å². The fourth-order valence-corrected chi connectivity index (χ4v) is 1.48. The van der Waals surface area contributed by atoms with Crippen molar-refractivity contribution in [1.82, 2.24) is 15.3 Å². The molecular weight excluding hydrogens is 208 g/mol. The highest BCUT2D eigenvalue weighted by Crippen LogP contribution is 2.10. The minimum Gasteiger partial charge on any atom is -0.357 e. The Balaban J connectivity index is 2.02. The lowest BCUT2D eigenvalue weighted by Crippen LogP contribution is -2.47. The molecule has 1 saturated heterocycles. The number of aromatic nitrogens is 2. The SMILES string of the molecule is Cc1cnc(NC2CCC(=O)NC2=O)cn1. The number of imide groups is 1. The molecule has 2 N–H and O–H groups in total. The first-order valence-corrected chi connectivity index (χ1v) is 5.04. The maximum Gasteiger partial charge on any atom is 0.249 e. The second kappa shape index (κ2) is 4.26. The number of carbonyl (C=O) groups is 2. The van der Waals surface area contributed by atoms with E-state index in [1.165, 1.54) is 0 Å². The van der Waals surface area contributed by atoms with Crippen molar-refractivity contribution in [3.8, 4) is 0 Å². The van der Waals surface area contributed by atoms with Crippen molar-refractivity contribution in [2.45, 2.75) is 25.8 Å². The van der Waals surface area contributed by atoms with Gasteiger partial charge in [-0.1, -0.05) is 0 Å². The predicted molar refractivity (Wildman–Crippen MR) is 56.6 cm³/mol. The lowest BCUT2D eigenvalue weighted by molar-refractivity contribution is -0.133. The second-order valence-electron chi connectivity index (χ2n) is 3.69. The minimum atomic E-state index is -0.408. The van der Waals surface area contributed by atoms with E-state index in [4.69, 9.17) is 0 Å². The quantitative estimate of drug-likeness (QED) is 0.685. The van der Waals surface area contributed by atoms with Crippen molar-refractivity contribution in [3.05, 3.63) is 18.1 Å². The molecule has 1 aliphatic heterocycles. The Kier molecular flexibility index (Phi) is 2.80. The van der Waals surface area contributed by atoms with E-state index in [1.807, 2.05) is 6.92 Å². The molecule has 0 radical (unpaired) electrons. The summed E-state index contributed by atoms with van der Waals surface area (Å²) in [4.78, 5) is 30.5. The molecule has 1 atom stereocenters. The van der Waals surface area contributed by atoms with Gasteiger partial charge in [-0.15, -0.1) is 0 Å². The summed E-state index contributed by atoms with van der Waals surface area (Å²) in [7, 11) is 0. The van der Waals surface area contributed by atoms with E-state index >= 15 is 0 Å². The van der Waals surface area contributed by atoms with Crippen molar-refractivity contribution in [3.63, 3.8) is 0 Å². The third kappa shape index (κ3) is 2.33. The van der Waals surface area contributed by atoms with Crippen LogP contribution in [0.25, 0.3) is 0 Å². The van der Waals surface area contributed by atoms with Gasteiger partial charge in [0, 0.05) is 6.42 Å². The van der Waals surface area contributed by atoms with Gasteiger partial charge < -0.3 is 5.32 Å². The summed E-state index contributed by atoms with van der Waals surface area (Å²) in [6.45, 7) is 1.84. The van der Waals surface area contributed by atoms with Crippen molar-refractivity contribution in [2.24, 2.45) is 0 Å². The lowest BCUT2D eigenvalue weighted by atomic mass is 10.1. The highest BCUT2D eigenvalue weighted by atomic mass is 16.2. The number of nitrogens with zero attached hydrogens (tertiary/aromatic N) is 2. The molecule has 0 aliphatic carbocycles. The largest absolute Gasteiger partial charge is 0.357 e. The Hall–Kier alpha value is -1.98. The number of hydrogen-bond donors (Lipinski definition) is 2. The number of amides is 2. The van der Waals surface area contributed by atoms with Crippen LogP contribution in [0.15, 0.2) is 12.4 Å². The maximum atomic E-state index is 11.4. The first-order valence-electron chi connectivity index (χ1n) is 5.04. The topological polar surface area (TPSA) is 84.0 Å². The number of anilines is 1. The standard InChI is InChI=1S/C10H12N4O2/c1-6-4-12-8(5-11-6)13-7-2-3-9(15)14-10(7)16/h4-5,7H,2-3H2,1H3,(H,12,13)(H,14,15,16). The molecule has 1 aromatic heterocycles. The summed E-state index contributed by atoms with van der Waals surface area (Å²) in [6, 6.07) is -0.408.